The molecule has 4 nitrogen and oxygen atoms in total. The van der Waals surface area contributed by atoms with Crippen LogP contribution < -0.4 is 9.47 Å². The van der Waals surface area contributed by atoms with Gasteiger partial charge in [-0.2, -0.15) is 10.2 Å². The van der Waals surface area contributed by atoms with Crippen molar-refractivity contribution in [2.75, 3.05) is 0 Å². The van der Waals surface area contributed by atoms with Gasteiger partial charge in [-0.1, -0.05) is 48.0 Å². The Morgan fingerprint density at radius 3 is 1.72 bits per heavy atom. The van der Waals surface area contributed by atoms with Crippen molar-refractivity contribution < 1.29 is 9.47 Å². The van der Waals surface area contributed by atoms with Gasteiger partial charge in [0.05, 0.1) is 6.04 Å². The molecule has 0 spiro atoms. The topological polar surface area (TPSA) is 43.2 Å². The van der Waals surface area contributed by atoms with Crippen LogP contribution in [-0.4, -0.2) is 22.2 Å². The van der Waals surface area contributed by atoms with Crippen LogP contribution in [-0.2, 0) is 0 Å². The van der Waals surface area contributed by atoms with Crippen LogP contribution in [0.1, 0.15) is 54.4 Å². The molecule has 0 N–H and O–H groups in total. The standard InChI is InChI=1S/C24H33ClN2O2/c1-19(17-22(2,3)28-20-13-9-7-10-14-20)26-27-24(6,25)18-23(4,5)29-21-15-11-8-12-16-21/h7-16,19H,17-18H2,1-6H3/b27-26+. The van der Waals surface area contributed by atoms with E-state index in [1.807, 2.05) is 88.4 Å². The Morgan fingerprint density at radius 1 is 0.793 bits per heavy atom. The first-order valence-electron chi connectivity index (χ1n) is 10.1. The average Bonchev–Trinajstić information content (AvgIpc) is 2.59. The van der Waals surface area contributed by atoms with Gasteiger partial charge in [-0.15, -0.1) is 0 Å². The van der Waals surface area contributed by atoms with Gasteiger partial charge in [0.2, 0.25) is 0 Å². The van der Waals surface area contributed by atoms with Crippen LogP contribution in [0.3, 0.4) is 0 Å². The van der Waals surface area contributed by atoms with E-state index < -0.39 is 10.6 Å². The van der Waals surface area contributed by atoms with E-state index in [0.29, 0.717) is 6.42 Å². The number of ether oxygens (including phenoxy) is 2. The normalized spacial score (nSPS) is 15.7. The second-order valence-corrected chi connectivity index (χ2v) is 9.75. The minimum atomic E-state index is -0.850. The molecule has 0 radical (unpaired) electrons. The fourth-order valence-corrected chi connectivity index (χ4v) is 3.84. The molecule has 0 heterocycles. The lowest BCUT2D eigenvalue weighted by Crippen LogP contribution is -2.36. The van der Waals surface area contributed by atoms with Gasteiger partial charge in [0.1, 0.15) is 22.7 Å². The van der Waals surface area contributed by atoms with Crippen molar-refractivity contribution in [3.05, 3.63) is 60.7 Å². The summed E-state index contributed by atoms with van der Waals surface area (Å²) in [6.07, 6.45) is 1.25. The number of nitrogens with zero attached hydrogens (tertiary/aromatic N) is 2. The maximum Gasteiger partial charge on any atom is 0.155 e. The van der Waals surface area contributed by atoms with E-state index in [1.165, 1.54) is 0 Å². The molecule has 0 saturated carbocycles. The molecule has 0 saturated heterocycles. The van der Waals surface area contributed by atoms with Gasteiger partial charge >= 0.3 is 0 Å². The molecule has 158 valence electrons. The van der Waals surface area contributed by atoms with Crippen LogP contribution in [0.15, 0.2) is 70.9 Å². The molecule has 0 amide bonds. The Balaban J connectivity index is 1.92. The lowest BCUT2D eigenvalue weighted by Gasteiger charge is -2.31. The van der Waals surface area contributed by atoms with Crippen molar-refractivity contribution >= 4 is 11.6 Å². The lowest BCUT2D eigenvalue weighted by molar-refractivity contribution is 0.0844. The maximum absolute atomic E-state index is 6.66. The number of benzene rings is 2. The third-order valence-electron chi connectivity index (χ3n) is 4.27. The summed E-state index contributed by atoms with van der Waals surface area (Å²) in [7, 11) is 0. The van der Waals surface area contributed by atoms with Crippen LogP contribution in [0, 0.1) is 0 Å². The van der Waals surface area contributed by atoms with Gasteiger partial charge < -0.3 is 9.47 Å². The number of rotatable bonds is 10. The summed E-state index contributed by atoms with van der Waals surface area (Å²) in [5, 5.41) is 8.90. The molecule has 2 aromatic carbocycles. The Bertz CT molecular complexity index is 774. The van der Waals surface area contributed by atoms with Crippen LogP contribution >= 0.6 is 11.6 Å². The van der Waals surface area contributed by atoms with Crippen molar-refractivity contribution in [2.45, 2.75) is 76.6 Å². The monoisotopic (exact) mass is 416 g/mol. The molecule has 0 aliphatic carbocycles. The SMILES string of the molecule is CC(CC(C)(C)Oc1ccccc1)/N=N/C(C)(Cl)CC(C)(C)Oc1ccccc1. The number of hydrogen-bond acceptors (Lipinski definition) is 4. The Kier molecular flexibility index (Phi) is 7.70. The van der Waals surface area contributed by atoms with E-state index in [2.05, 4.69) is 24.1 Å². The van der Waals surface area contributed by atoms with E-state index in [9.17, 15) is 0 Å². The number of hydrogen-bond donors (Lipinski definition) is 0. The van der Waals surface area contributed by atoms with Gasteiger partial charge in [0.25, 0.3) is 0 Å². The highest BCUT2D eigenvalue weighted by Crippen LogP contribution is 2.32. The van der Waals surface area contributed by atoms with Gasteiger partial charge in [-0.05, 0) is 65.8 Å². The van der Waals surface area contributed by atoms with Crippen molar-refractivity contribution in [3.63, 3.8) is 0 Å². The van der Waals surface area contributed by atoms with Gasteiger partial charge in [0, 0.05) is 12.8 Å². The minimum absolute atomic E-state index is 0.0232. The van der Waals surface area contributed by atoms with E-state index in [0.717, 1.165) is 17.9 Å². The summed E-state index contributed by atoms with van der Waals surface area (Å²) in [6.45, 7) is 12.0. The molecule has 0 aromatic heterocycles. The number of azo groups is 1. The average molecular weight is 417 g/mol. The summed E-state index contributed by atoms with van der Waals surface area (Å²) in [5.74, 6) is 1.67. The zero-order chi connectivity index (χ0) is 21.5. The molecule has 0 fully saturated rings. The zero-order valence-electron chi connectivity index (χ0n) is 18.4. The molecule has 2 aromatic rings. The number of alkyl halides is 1. The summed E-state index contributed by atoms with van der Waals surface area (Å²) in [6, 6.07) is 19.5. The molecule has 2 rings (SSSR count). The van der Waals surface area contributed by atoms with E-state index >= 15 is 0 Å². The Hall–Kier alpha value is -2.07. The molecule has 5 heteroatoms. The van der Waals surface area contributed by atoms with Crippen LogP contribution in [0.25, 0.3) is 0 Å². The van der Waals surface area contributed by atoms with Crippen LogP contribution in [0.4, 0.5) is 0 Å². The number of halogens is 1. The molecule has 2 unspecified atom stereocenters. The molecule has 29 heavy (non-hydrogen) atoms. The largest absolute Gasteiger partial charge is 0.488 e. The smallest absolute Gasteiger partial charge is 0.155 e. The zero-order valence-corrected chi connectivity index (χ0v) is 19.1. The molecular formula is C24H33ClN2O2. The number of para-hydroxylation sites is 2. The van der Waals surface area contributed by atoms with Crippen molar-refractivity contribution in [1.82, 2.24) is 0 Å². The summed E-state index contributed by atoms with van der Waals surface area (Å²) in [4.78, 5) is -0.850. The molecule has 0 bridgehead atoms. The fraction of sp³-hybridized carbons (Fsp3) is 0.500. The molecule has 0 aliphatic rings. The molecular weight excluding hydrogens is 384 g/mol. The van der Waals surface area contributed by atoms with Crippen LogP contribution in [0.2, 0.25) is 0 Å². The first-order chi connectivity index (χ1) is 13.5. The second-order valence-electron chi connectivity index (χ2n) is 8.94. The van der Waals surface area contributed by atoms with Crippen molar-refractivity contribution in [2.24, 2.45) is 10.2 Å². The van der Waals surface area contributed by atoms with E-state index in [-0.39, 0.29) is 11.6 Å². The minimum Gasteiger partial charge on any atom is -0.488 e. The van der Waals surface area contributed by atoms with Gasteiger partial charge in [-0.25, -0.2) is 0 Å². The second kappa shape index (κ2) is 9.62. The Labute approximate surface area is 180 Å². The predicted molar refractivity (Wildman–Crippen MR) is 120 cm³/mol. The maximum atomic E-state index is 6.66. The summed E-state index contributed by atoms with van der Waals surface area (Å²) >= 11 is 6.66. The highest BCUT2D eigenvalue weighted by Gasteiger charge is 2.33. The molecule has 0 aliphatic heterocycles. The van der Waals surface area contributed by atoms with Gasteiger partial charge in [0.15, 0.2) is 5.00 Å². The first-order valence-corrected chi connectivity index (χ1v) is 10.4. The van der Waals surface area contributed by atoms with Crippen molar-refractivity contribution in [3.8, 4) is 11.5 Å². The third kappa shape index (κ3) is 8.86. The lowest BCUT2D eigenvalue weighted by atomic mass is 9.99. The van der Waals surface area contributed by atoms with E-state index in [4.69, 9.17) is 21.1 Å². The van der Waals surface area contributed by atoms with Crippen LogP contribution in [0.5, 0.6) is 11.5 Å². The highest BCUT2D eigenvalue weighted by molar-refractivity contribution is 6.23. The summed E-state index contributed by atoms with van der Waals surface area (Å²) in [5.41, 5.74) is -0.839. The first kappa shape index (κ1) is 23.2. The highest BCUT2D eigenvalue weighted by atomic mass is 35.5. The van der Waals surface area contributed by atoms with Gasteiger partial charge in [-0.3, -0.25) is 0 Å². The fourth-order valence-electron chi connectivity index (χ4n) is 3.48. The quantitative estimate of drug-likeness (QED) is 0.232. The third-order valence-corrected chi connectivity index (χ3v) is 4.48. The van der Waals surface area contributed by atoms with Crippen molar-refractivity contribution in [1.29, 1.82) is 0 Å². The summed E-state index contributed by atoms with van der Waals surface area (Å²) < 4.78 is 12.2. The van der Waals surface area contributed by atoms with E-state index in [1.54, 1.807) is 0 Å². The molecule has 2 atom stereocenters. The Morgan fingerprint density at radius 2 is 1.24 bits per heavy atom. The predicted octanol–water partition coefficient (Wildman–Crippen LogP) is 7.28.